The van der Waals surface area contributed by atoms with E-state index in [-0.39, 0.29) is 11.7 Å². The van der Waals surface area contributed by atoms with E-state index in [9.17, 15) is 14.7 Å². The lowest BCUT2D eigenvalue weighted by molar-refractivity contribution is 0.102. The Balaban J connectivity index is 1.42. The van der Waals surface area contributed by atoms with Gasteiger partial charge in [0, 0.05) is 38.9 Å². The Hall–Kier alpha value is -3.51. The van der Waals surface area contributed by atoms with Gasteiger partial charge in [0.15, 0.2) is 0 Å². The van der Waals surface area contributed by atoms with Crippen molar-refractivity contribution in [3.8, 4) is 5.75 Å². The van der Waals surface area contributed by atoms with Crippen LogP contribution in [0.1, 0.15) is 21.5 Å². The number of aromatic hydroxyl groups is 1. The Morgan fingerprint density at radius 3 is 2.60 bits per heavy atom. The number of hydrogen-bond donors (Lipinski definition) is 2. The zero-order valence-electron chi connectivity index (χ0n) is 16.2. The fraction of sp³-hybridized carbons (Fsp3) is 0.0833. The summed E-state index contributed by atoms with van der Waals surface area (Å²) in [6.07, 6.45) is 0. The molecule has 4 aromatic rings. The quantitative estimate of drug-likeness (QED) is 0.338. The lowest BCUT2D eigenvalue weighted by Gasteiger charge is -2.07. The highest BCUT2D eigenvalue weighted by molar-refractivity contribution is 7.98. The second-order valence-corrected chi connectivity index (χ2v) is 7.97. The third kappa shape index (κ3) is 4.55. The molecule has 30 heavy (non-hydrogen) atoms. The lowest BCUT2D eigenvalue weighted by Crippen LogP contribution is -2.11. The van der Waals surface area contributed by atoms with Crippen molar-refractivity contribution in [2.75, 3.05) is 5.32 Å². The van der Waals surface area contributed by atoms with Crippen LogP contribution in [0.15, 0.2) is 86.9 Å². The van der Waals surface area contributed by atoms with Gasteiger partial charge in [0.2, 0.25) is 0 Å². The first-order valence-corrected chi connectivity index (χ1v) is 10.3. The summed E-state index contributed by atoms with van der Waals surface area (Å²) in [5, 5.41) is 13.2. The molecule has 0 bridgehead atoms. The summed E-state index contributed by atoms with van der Waals surface area (Å²) in [7, 11) is 0. The minimum absolute atomic E-state index is 0.0577. The molecule has 1 amide bonds. The molecule has 0 saturated carbocycles. The van der Waals surface area contributed by atoms with E-state index in [2.05, 4.69) is 5.32 Å². The van der Waals surface area contributed by atoms with E-state index < -0.39 is 5.63 Å². The Bertz CT molecular complexity index is 1280. The molecule has 6 heteroatoms. The summed E-state index contributed by atoms with van der Waals surface area (Å²) >= 11 is 1.50. The summed E-state index contributed by atoms with van der Waals surface area (Å²) < 4.78 is 5.30. The molecule has 3 aromatic carbocycles. The van der Waals surface area contributed by atoms with E-state index in [1.54, 1.807) is 24.3 Å². The van der Waals surface area contributed by atoms with Crippen LogP contribution in [0.3, 0.4) is 0 Å². The maximum Gasteiger partial charge on any atom is 0.340 e. The Morgan fingerprint density at radius 2 is 1.83 bits per heavy atom. The van der Waals surface area contributed by atoms with Gasteiger partial charge < -0.3 is 14.8 Å². The van der Waals surface area contributed by atoms with Crippen LogP contribution in [0, 0.1) is 6.92 Å². The second kappa shape index (κ2) is 8.47. The van der Waals surface area contributed by atoms with Gasteiger partial charge in [0.05, 0.1) is 0 Å². The van der Waals surface area contributed by atoms with E-state index in [4.69, 9.17) is 4.42 Å². The van der Waals surface area contributed by atoms with Crippen LogP contribution in [-0.4, -0.2) is 11.0 Å². The highest BCUT2D eigenvalue weighted by Gasteiger charge is 2.08. The molecule has 2 N–H and O–H groups in total. The first-order chi connectivity index (χ1) is 14.5. The molecule has 0 aliphatic heterocycles. The zero-order valence-corrected chi connectivity index (χ0v) is 17.0. The van der Waals surface area contributed by atoms with E-state index >= 15 is 0 Å². The summed E-state index contributed by atoms with van der Waals surface area (Å²) in [5.74, 6) is 0.356. The SMILES string of the molecule is Cc1cccc(C(=O)Nc2ccc(SCc3cc4ccc(O)cc4oc3=O)cc2)c1. The maximum atomic E-state index is 12.4. The average molecular weight is 417 g/mol. The van der Waals surface area contributed by atoms with Crippen LogP contribution >= 0.6 is 11.8 Å². The number of fused-ring (bicyclic) bond motifs is 1. The maximum absolute atomic E-state index is 12.4. The highest BCUT2D eigenvalue weighted by Crippen LogP contribution is 2.26. The van der Waals surface area contributed by atoms with Gasteiger partial charge in [-0.2, -0.15) is 0 Å². The minimum atomic E-state index is -0.414. The van der Waals surface area contributed by atoms with Crippen LogP contribution < -0.4 is 10.9 Å². The second-order valence-electron chi connectivity index (χ2n) is 6.92. The molecule has 0 fully saturated rings. The summed E-state index contributed by atoms with van der Waals surface area (Å²) in [5.41, 5.74) is 2.85. The number of phenolic OH excluding ortho intramolecular Hbond substituents is 1. The first-order valence-electron chi connectivity index (χ1n) is 9.34. The van der Waals surface area contributed by atoms with Gasteiger partial charge in [0.25, 0.3) is 5.91 Å². The predicted molar refractivity (Wildman–Crippen MR) is 119 cm³/mol. The van der Waals surface area contributed by atoms with Crippen molar-refractivity contribution in [3.05, 3.63) is 99.9 Å². The molecular weight excluding hydrogens is 398 g/mol. The van der Waals surface area contributed by atoms with Crippen LogP contribution in [0.2, 0.25) is 0 Å². The molecular formula is C24H19NO4S. The highest BCUT2D eigenvalue weighted by atomic mass is 32.2. The lowest BCUT2D eigenvalue weighted by atomic mass is 10.1. The molecule has 0 radical (unpaired) electrons. The van der Waals surface area contributed by atoms with Gasteiger partial charge in [-0.1, -0.05) is 17.7 Å². The van der Waals surface area contributed by atoms with Crippen molar-refractivity contribution in [3.63, 3.8) is 0 Å². The zero-order chi connectivity index (χ0) is 21.1. The molecule has 0 spiro atoms. The van der Waals surface area contributed by atoms with Crippen molar-refractivity contribution < 1.29 is 14.3 Å². The van der Waals surface area contributed by atoms with Gasteiger partial charge in [0.1, 0.15) is 11.3 Å². The number of benzene rings is 3. The van der Waals surface area contributed by atoms with Crippen LogP contribution in [0.25, 0.3) is 11.0 Å². The van der Waals surface area contributed by atoms with Crippen molar-refractivity contribution in [1.82, 2.24) is 0 Å². The third-order valence-electron chi connectivity index (χ3n) is 4.58. The van der Waals surface area contributed by atoms with Gasteiger partial charge in [-0.15, -0.1) is 11.8 Å². The van der Waals surface area contributed by atoms with E-state index in [0.29, 0.717) is 28.2 Å². The summed E-state index contributed by atoms with van der Waals surface area (Å²) in [4.78, 5) is 25.5. The number of phenols is 1. The van der Waals surface area contributed by atoms with Gasteiger partial charge in [-0.3, -0.25) is 4.79 Å². The normalized spacial score (nSPS) is 10.8. The van der Waals surface area contributed by atoms with Gasteiger partial charge in [-0.05, 0) is 61.5 Å². The Morgan fingerprint density at radius 1 is 1.03 bits per heavy atom. The van der Waals surface area contributed by atoms with Crippen molar-refractivity contribution in [2.45, 2.75) is 17.6 Å². The van der Waals surface area contributed by atoms with Crippen molar-refractivity contribution in [1.29, 1.82) is 0 Å². The molecule has 0 aliphatic rings. The number of carbonyl (C=O) groups is 1. The molecule has 0 atom stereocenters. The molecule has 150 valence electrons. The fourth-order valence-corrected chi connectivity index (χ4v) is 3.88. The molecule has 0 unspecified atom stereocenters. The molecule has 1 heterocycles. The smallest absolute Gasteiger partial charge is 0.340 e. The van der Waals surface area contributed by atoms with E-state index in [1.165, 1.54) is 17.8 Å². The minimum Gasteiger partial charge on any atom is -0.508 e. The molecule has 0 saturated heterocycles. The number of rotatable bonds is 5. The monoisotopic (exact) mass is 417 g/mol. The van der Waals surface area contributed by atoms with E-state index in [0.717, 1.165) is 15.8 Å². The number of nitrogens with one attached hydrogen (secondary N) is 1. The summed E-state index contributed by atoms with van der Waals surface area (Å²) in [6.45, 7) is 1.95. The number of aryl methyl sites for hydroxylation is 1. The molecule has 4 rings (SSSR count). The Kier molecular flexibility index (Phi) is 5.59. The number of hydrogen-bond acceptors (Lipinski definition) is 5. The molecule has 0 aliphatic carbocycles. The molecule has 5 nitrogen and oxygen atoms in total. The van der Waals surface area contributed by atoms with Gasteiger partial charge in [-0.25, -0.2) is 4.79 Å². The third-order valence-corrected chi connectivity index (χ3v) is 5.64. The van der Waals surface area contributed by atoms with Gasteiger partial charge >= 0.3 is 5.63 Å². The number of thioether (sulfide) groups is 1. The molecule has 1 aromatic heterocycles. The van der Waals surface area contributed by atoms with Crippen LogP contribution in [0.4, 0.5) is 5.69 Å². The average Bonchev–Trinajstić information content (AvgIpc) is 2.73. The van der Waals surface area contributed by atoms with E-state index in [1.807, 2.05) is 49.4 Å². The largest absolute Gasteiger partial charge is 0.508 e. The standard InChI is InChI=1S/C24H19NO4S/c1-15-3-2-4-17(11-15)23(27)25-19-6-9-21(10-7-19)30-14-18-12-16-5-8-20(26)13-22(16)29-24(18)28/h2-13,26H,14H2,1H3,(H,25,27). The van der Waals surface area contributed by atoms with Crippen molar-refractivity contribution in [2.24, 2.45) is 0 Å². The summed E-state index contributed by atoms with van der Waals surface area (Å²) in [6, 6.07) is 21.4. The van der Waals surface area contributed by atoms with Crippen LogP contribution in [0.5, 0.6) is 5.75 Å². The van der Waals surface area contributed by atoms with Crippen LogP contribution in [-0.2, 0) is 5.75 Å². The number of carbonyl (C=O) groups excluding carboxylic acids is 1. The Labute approximate surface area is 177 Å². The van der Waals surface area contributed by atoms with Crippen molar-refractivity contribution >= 4 is 34.3 Å². The number of anilines is 1. The fourth-order valence-electron chi connectivity index (χ4n) is 3.03. The predicted octanol–water partition coefficient (Wildman–Crippen LogP) is 5.35. The number of amides is 1. The topological polar surface area (TPSA) is 79.5 Å². The first kappa shape index (κ1) is 19.8.